The van der Waals surface area contributed by atoms with E-state index in [0.29, 0.717) is 36.8 Å². The number of carbonyl (C=O) groups excluding carboxylic acids is 1. The van der Waals surface area contributed by atoms with Gasteiger partial charge in [-0.05, 0) is 55.0 Å². The number of aryl methyl sites for hydroxylation is 2. The zero-order valence-corrected chi connectivity index (χ0v) is 18.1. The van der Waals surface area contributed by atoms with Crippen molar-refractivity contribution in [3.05, 3.63) is 52.5 Å². The summed E-state index contributed by atoms with van der Waals surface area (Å²) < 4.78 is 10.8. The highest BCUT2D eigenvalue weighted by molar-refractivity contribution is 6.30. The number of hydrogen-bond donors (Lipinski definition) is 1. The third-order valence-electron chi connectivity index (χ3n) is 5.49. The minimum Gasteiger partial charge on any atom is -0.493 e. The molecule has 1 N–H and O–H groups in total. The van der Waals surface area contributed by atoms with Crippen LogP contribution < -0.4 is 19.7 Å². The van der Waals surface area contributed by atoms with Gasteiger partial charge >= 0.3 is 0 Å². The van der Waals surface area contributed by atoms with Gasteiger partial charge < -0.3 is 19.7 Å². The number of para-hydroxylation sites is 1. The van der Waals surface area contributed by atoms with Gasteiger partial charge in [0.05, 0.1) is 14.2 Å². The van der Waals surface area contributed by atoms with Crippen LogP contribution in [0.25, 0.3) is 0 Å². The molecule has 0 aliphatic carbocycles. The maximum Gasteiger partial charge on any atom is 0.220 e. The Bertz CT molecular complexity index is 856. The first-order valence-electron chi connectivity index (χ1n) is 9.99. The van der Waals surface area contributed by atoms with Crippen LogP contribution in [0.1, 0.15) is 24.0 Å². The van der Waals surface area contributed by atoms with E-state index in [4.69, 9.17) is 21.1 Å². The molecule has 2 aromatic carbocycles. The summed E-state index contributed by atoms with van der Waals surface area (Å²) in [7, 11) is 3.24. The summed E-state index contributed by atoms with van der Waals surface area (Å²) in [4.78, 5) is 14.7. The van der Waals surface area contributed by atoms with Crippen molar-refractivity contribution >= 4 is 23.2 Å². The molecule has 0 bridgehead atoms. The number of amides is 1. The molecule has 3 rings (SSSR count). The summed E-state index contributed by atoms with van der Waals surface area (Å²) in [5.74, 6) is 1.90. The van der Waals surface area contributed by atoms with Crippen LogP contribution in [-0.4, -0.2) is 39.8 Å². The number of hydrogen-bond acceptors (Lipinski definition) is 4. The Morgan fingerprint density at radius 3 is 2.83 bits per heavy atom. The normalized spacial score (nSPS) is 16.0. The summed E-state index contributed by atoms with van der Waals surface area (Å²) >= 11 is 6.16. The summed E-state index contributed by atoms with van der Waals surface area (Å²) in [6, 6.07) is 11.7. The van der Waals surface area contributed by atoms with E-state index in [-0.39, 0.29) is 5.91 Å². The summed E-state index contributed by atoms with van der Waals surface area (Å²) in [5.41, 5.74) is 3.40. The molecule has 0 aromatic heterocycles. The molecule has 5 nitrogen and oxygen atoms in total. The molecule has 6 heteroatoms. The first-order valence-corrected chi connectivity index (χ1v) is 10.4. The molecule has 1 aliphatic rings. The summed E-state index contributed by atoms with van der Waals surface area (Å²) in [5, 5.41) is 3.85. The molecule has 0 radical (unpaired) electrons. The fourth-order valence-electron chi connectivity index (χ4n) is 3.89. The molecule has 0 saturated carbocycles. The van der Waals surface area contributed by atoms with Crippen LogP contribution in [0.2, 0.25) is 5.02 Å². The Morgan fingerprint density at radius 2 is 2.07 bits per heavy atom. The van der Waals surface area contributed by atoms with Gasteiger partial charge in [-0.2, -0.15) is 0 Å². The van der Waals surface area contributed by atoms with Crippen molar-refractivity contribution in [3.8, 4) is 11.5 Å². The Labute approximate surface area is 177 Å². The summed E-state index contributed by atoms with van der Waals surface area (Å²) in [6.45, 7) is 4.73. The molecule has 1 fully saturated rings. The molecular weight excluding hydrogens is 388 g/mol. The predicted octanol–water partition coefficient (Wildman–Crippen LogP) is 4.24. The quantitative estimate of drug-likeness (QED) is 0.699. The van der Waals surface area contributed by atoms with Crippen molar-refractivity contribution in [2.45, 2.75) is 26.2 Å². The van der Waals surface area contributed by atoms with Crippen LogP contribution in [0.5, 0.6) is 11.5 Å². The fourth-order valence-corrected chi connectivity index (χ4v) is 4.05. The zero-order valence-electron chi connectivity index (χ0n) is 17.3. The van der Waals surface area contributed by atoms with Gasteiger partial charge in [-0.15, -0.1) is 0 Å². The van der Waals surface area contributed by atoms with E-state index < -0.39 is 0 Å². The smallest absolute Gasteiger partial charge is 0.220 e. The molecule has 1 amide bonds. The lowest BCUT2D eigenvalue weighted by Crippen LogP contribution is -2.31. The van der Waals surface area contributed by atoms with Crippen LogP contribution in [0.4, 0.5) is 5.69 Å². The number of anilines is 1. The van der Waals surface area contributed by atoms with Gasteiger partial charge in [0.15, 0.2) is 11.5 Å². The van der Waals surface area contributed by atoms with Crippen LogP contribution in [0.15, 0.2) is 36.4 Å². The molecule has 156 valence electrons. The molecule has 1 saturated heterocycles. The number of benzene rings is 2. The SMILES string of the molecule is COc1cccc(CCC(=O)NCC2CCN(c3cc(Cl)ccc3C)C2)c1OC. The Hall–Kier alpha value is -2.40. The van der Waals surface area contributed by atoms with Gasteiger partial charge in [0.25, 0.3) is 0 Å². The third-order valence-corrected chi connectivity index (χ3v) is 5.73. The molecule has 0 spiro atoms. The molecular formula is C23H29ClN2O3. The lowest BCUT2D eigenvalue weighted by molar-refractivity contribution is -0.121. The number of ether oxygens (including phenoxy) is 2. The van der Waals surface area contributed by atoms with Crippen LogP contribution in [0, 0.1) is 12.8 Å². The molecule has 2 aromatic rings. The number of methoxy groups -OCH3 is 2. The average molecular weight is 417 g/mol. The maximum atomic E-state index is 12.4. The second kappa shape index (κ2) is 9.88. The van der Waals surface area contributed by atoms with Crippen molar-refractivity contribution in [2.24, 2.45) is 5.92 Å². The van der Waals surface area contributed by atoms with Gasteiger partial charge in [0, 0.05) is 36.8 Å². The molecule has 1 unspecified atom stereocenters. The minimum atomic E-state index is 0.0623. The predicted molar refractivity (Wildman–Crippen MR) is 117 cm³/mol. The number of rotatable bonds is 8. The number of nitrogens with one attached hydrogen (secondary N) is 1. The number of nitrogens with zero attached hydrogens (tertiary/aromatic N) is 1. The largest absolute Gasteiger partial charge is 0.493 e. The van der Waals surface area contributed by atoms with Crippen molar-refractivity contribution in [1.29, 1.82) is 0 Å². The van der Waals surface area contributed by atoms with Gasteiger partial charge in [-0.25, -0.2) is 0 Å². The number of halogens is 1. The topological polar surface area (TPSA) is 50.8 Å². The van der Waals surface area contributed by atoms with Crippen molar-refractivity contribution in [3.63, 3.8) is 0 Å². The van der Waals surface area contributed by atoms with Crippen LogP contribution >= 0.6 is 11.6 Å². The third kappa shape index (κ3) is 5.36. The van der Waals surface area contributed by atoms with E-state index >= 15 is 0 Å². The Kier molecular flexibility index (Phi) is 7.26. The average Bonchev–Trinajstić information content (AvgIpc) is 3.20. The van der Waals surface area contributed by atoms with Gasteiger partial charge in [-0.3, -0.25) is 4.79 Å². The molecule has 1 aliphatic heterocycles. The molecule has 1 heterocycles. The Balaban J connectivity index is 1.48. The second-order valence-electron chi connectivity index (χ2n) is 7.49. The monoisotopic (exact) mass is 416 g/mol. The van der Waals surface area contributed by atoms with E-state index in [0.717, 1.165) is 30.1 Å². The van der Waals surface area contributed by atoms with E-state index in [1.165, 1.54) is 11.3 Å². The van der Waals surface area contributed by atoms with E-state index in [9.17, 15) is 4.79 Å². The maximum absolute atomic E-state index is 12.4. The highest BCUT2D eigenvalue weighted by Crippen LogP contribution is 2.31. The highest BCUT2D eigenvalue weighted by Gasteiger charge is 2.24. The molecule has 29 heavy (non-hydrogen) atoms. The van der Waals surface area contributed by atoms with Crippen molar-refractivity contribution < 1.29 is 14.3 Å². The first-order chi connectivity index (χ1) is 14.0. The van der Waals surface area contributed by atoms with Gasteiger partial charge in [0.1, 0.15) is 0 Å². The molecule has 1 atom stereocenters. The standard InChI is InChI=1S/C23H29ClN2O3/c1-16-7-9-19(24)13-20(16)26-12-11-17(15-26)14-25-22(27)10-8-18-5-4-6-21(28-2)23(18)29-3/h4-7,9,13,17H,8,10-12,14-15H2,1-3H3,(H,25,27). The van der Waals surface area contributed by atoms with E-state index in [2.05, 4.69) is 23.2 Å². The zero-order chi connectivity index (χ0) is 20.8. The van der Waals surface area contributed by atoms with Crippen molar-refractivity contribution in [1.82, 2.24) is 5.32 Å². The van der Waals surface area contributed by atoms with Gasteiger partial charge in [-0.1, -0.05) is 29.8 Å². The lowest BCUT2D eigenvalue weighted by Gasteiger charge is -2.21. The highest BCUT2D eigenvalue weighted by atomic mass is 35.5. The van der Waals surface area contributed by atoms with Gasteiger partial charge in [0.2, 0.25) is 5.91 Å². The lowest BCUT2D eigenvalue weighted by atomic mass is 10.1. The summed E-state index contributed by atoms with van der Waals surface area (Å²) in [6.07, 6.45) is 2.11. The van der Waals surface area contributed by atoms with Crippen LogP contribution in [-0.2, 0) is 11.2 Å². The van der Waals surface area contributed by atoms with E-state index in [1.807, 2.05) is 30.3 Å². The number of carbonyl (C=O) groups is 1. The van der Waals surface area contributed by atoms with Crippen LogP contribution in [0.3, 0.4) is 0 Å². The fraction of sp³-hybridized carbons (Fsp3) is 0.435. The van der Waals surface area contributed by atoms with Crippen molar-refractivity contribution in [2.75, 3.05) is 38.8 Å². The second-order valence-corrected chi connectivity index (χ2v) is 7.92. The first kappa shape index (κ1) is 21.3. The van der Waals surface area contributed by atoms with E-state index in [1.54, 1.807) is 14.2 Å². The Morgan fingerprint density at radius 1 is 1.24 bits per heavy atom. The minimum absolute atomic E-state index is 0.0623.